The van der Waals surface area contributed by atoms with Crippen LogP contribution in [-0.4, -0.2) is 26.0 Å². The van der Waals surface area contributed by atoms with E-state index in [4.69, 9.17) is 4.74 Å². The molecule has 0 saturated heterocycles. The van der Waals surface area contributed by atoms with Gasteiger partial charge in [0, 0.05) is 11.5 Å². The minimum Gasteiger partial charge on any atom is -0.497 e. The van der Waals surface area contributed by atoms with Crippen LogP contribution in [0.1, 0.15) is 30.0 Å². The van der Waals surface area contributed by atoms with Crippen LogP contribution in [0.25, 0.3) is 0 Å². The maximum absolute atomic E-state index is 13.0. The molecule has 2 aromatic carbocycles. The number of hydrogen-bond donors (Lipinski definition) is 2. The van der Waals surface area contributed by atoms with Gasteiger partial charge in [0.1, 0.15) is 11.8 Å². The van der Waals surface area contributed by atoms with Crippen LogP contribution in [0, 0.1) is 0 Å². The Hall–Kier alpha value is -2.34. The third-order valence-electron chi connectivity index (χ3n) is 4.79. The van der Waals surface area contributed by atoms with Crippen molar-refractivity contribution in [2.45, 2.75) is 24.3 Å². The Morgan fingerprint density at radius 1 is 1.15 bits per heavy atom. The second kappa shape index (κ2) is 7.50. The number of ether oxygens (including phenoxy) is 1. The van der Waals surface area contributed by atoms with Gasteiger partial charge in [0.2, 0.25) is 11.8 Å². The summed E-state index contributed by atoms with van der Waals surface area (Å²) in [5, 5.41) is 5.56. The highest BCUT2D eigenvalue weighted by Gasteiger charge is 2.52. The summed E-state index contributed by atoms with van der Waals surface area (Å²) in [4.78, 5) is 25.4. The number of carbonyl (C=O) groups is 2. The van der Waals surface area contributed by atoms with Crippen molar-refractivity contribution in [2.24, 2.45) is 0 Å². The van der Waals surface area contributed by atoms with Crippen LogP contribution in [0.5, 0.6) is 5.75 Å². The molecule has 2 N–H and O–H groups in total. The van der Waals surface area contributed by atoms with Crippen molar-refractivity contribution in [3.8, 4) is 5.75 Å². The summed E-state index contributed by atoms with van der Waals surface area (Å²) in [7, 11) is 3.13. The van der Waals surface area contributed by atoms with Gasteiger partial charge in [0.05, 0.1) is 12.5 Å². The maximum atomic E-state index is 13.0. The molecule has 5 nitrogen and oxygen atoms in total. The molecule has 3 rings (SSSR count). The van der Waals surface area contributed by atoms with Crippen LogP contribution in [-0.2, 0) is 15.0 Å². The van der Waals surface area contributed by atoms with E-state index in [2.05, 4.69) is 26.6 Å². The normalized spacial score (nSPS) is 15.7. The summed E-state index contributed by atoms with van der Waals surface area (Å²) in [5.41, 5.74) is 1.11. The predicted octanol–water partition coefficient (Wildman–Crippen LogP) is 3.09. The zero-order chi connectivity index (χ0) is 18.7. The number of rotatable bonds is 6. The molecule has 6 heteroatoms. The van der Waals surface area contributed by atoms with Crippen LogP contribution in [0.4, 0.5) is 0 Å². The molecular weight excluding hydrogens is 396 g/mol. The van der Waals surface area contributed by atoms with Gasteiger partial charge in [-0.25, -0.2) is 0 Å². The summed E-state index contributed by atoms with van der Waals surface area (Å²) in [6.07, 6.45) is 1.55. The van der Waals surface area contributed by atoms with Crippen LogP contribution in [0.2, 0.25) is 0 Å². The number of carbonyl (C=O) groups excluding carboxylic acids is 2. The minimum atomic E-state index is -0.768. The monoisotopic (exact) mass is 416 g/mol. The van der Waals surface area contributed by atoms with Gasteiger partial charge in [-0.05, 0) is 48.2 Å². The number of methoxy groups -OCH3 is 1. The Labute approximate surface area is 161 Å². The lowest BCUT2D eigenvalue weighted by Crippen LogP contribution is -2.43. The van der Waals surface area contributed by atoms with Gasteiger partial charge in [-0.15, -0.1) is 0 Å². The second-order valence-corrected chi connectivity index (χ2v) is 7.30. The molecule has 2 aromatic rings. The van der Waals surface area contributed by atoms with E-state index in [0.29, 0.717) is 11.3 Å². The molecule has 1 aliphatic rings. The topological polar surface area (TPSA) is 67.4 Å². The van der Waals surface area contributed by atoms with E-state index in [1.54, 1.807) is 32.4 Å². The Kier molecular flexibility index (Phi) is 5.32. The molecule has 26 heavy (non-hydrogen) atoms. The molecule has 1 saturated carbocycles. The number of amides is 2. The van der Waals surface area contributed by atoms with E-state index in [0.717, 1.165) is 22.9 Å². The first-order chi connectivity index (χ1) is 12.5. The van der Waals surface area contributed by atoms with Crippen LogP contribution >= 0.6 is 15.9 Å². The Bertz CT molecular complexity index is 816. The lowest BCUT2D eigenvalue weighted by atomic mass is 9.94. The quantitative estimate of drug-likeness (QED) is 0.759. The van der Waals surface area contributed by atoms with Crippen molar-refractivity contribution in [1.82, 2.24) is 10.6 Å². The Balaban J connectivity index is 1.86. The third-order valence-corrected chi connectivity index (χ3v) is 5.32. The predicted molar refractivity (Wildman–Crippen MR) is 103 cm³/mol. The standard InChI is InChI=1S/C20H21BrN2O3/c1-22-18(24)17(13-4-3-5-16(12-13)26-2)23-19(25)20(10-11-20)14-6-8-15(21)9-7-14/h3-9,12,17H,10-11H2,1-2H3,(H,22,24)(H,23,25). The zero-order valence-electron chi connectivity index (χ0n) is 14.7. The average Bonchev–Trinajstić information content (AvgIpc) is 3.48. The molecule has 0 aromatic heterocycles. The highest BCUT2D eigenvalue weighted by Crippen LogP contribution is 2.49. The summed E-state index contributed by atoms with van der Waals surface area (Å²) in [6.45, 7) is 0. The lowest BCUT2D eigenvalue weighted by Gasteiger charge is -2.22. The molecule has 0 aliphatic heterocycles. The fourth-order valence-electron chi connectivity index (χ4n) is 3.08. The van der Waals surface area contributed by atoms with Crippen molar-refractivity contribution in [3.63, 3.8) is 0 Å². The van der Waals surface area contributed by atoms with E-state index in [1.807, 2.05) is 30.3 Å². The largest absolute Gasteiger partial charge is 0.497 e. The second-order valence-electron chi connectivity index (χ2n) is 6.39. The van der Waals surface area contributed by atoms with Gasteiger partial charge < -0.3 is 15.4 Å². The molecule has 1 atom stereocenters. The fraction of sp³-hybridized carbons (Fsp3) is 0.300. The SMILES string of the molecule is CNC(=O)C(NC(=O)C1(c2ccc(Br)cc2)CC1)c1cccc(OC)c1. The first kappa shape index (κ1) is 18.5. The molecule has 0 radical (unpaired) electrons. The minimum absolute atomic E-state index is 0.128. The lowest BCUT2D eigenvalue weighted by molar-refractivity contribution is -0.130. The van der Waals surface area contributed by atoms with Gasteiger partial charge in [-0.3, -0.25) is 9.59 Å². The summed E-state index contributed by atoms with van der Waals surface area (Å²) in [5.74, 6) is 0.245. The van der Waals surface area contributed by atoms with Crippen molar-refractivity contribution in [3.05, 3.63) is 64.1 Å². The van der Waals surface area contributed by atoms with Crippen molar-refractivity contribution >= 4 is 27.7 Å². The van der Waals surface area contributed by atoms with Crippen LogP contribution in [0.15, 0.2) is 53.0 Å². The van der Waals surface area contributed by atoms with Gasteiger partial charge in [-0.1, -0.05) is 40.2 Å². The van der Waals surface area contributed by atoms with E-state index < -0.39 is 11.5 Å². The van der Waals surface area contributed by atoms with Crippen LogP contribution in [0.3, 0.4) is 0 Å². The van der Waals surface area contributed by atoms with E-state index >= 15 is 0 Å². The van der Waals surface area contributed by atoms with Crippen molar-refractivity contribution in [2.75, 3.05) is 14.2 Å². The highest BCUT2D eigenvalue weighted by molar-refractivity contribution is 9.10. The number of benzene rings is 2. The molecule has 1 fully saturated rings. The highest BCUT2D eigenvalue weighted by atomic mass is 79.9. The molecule has 0 bridgehead atoms. The molecular formula is C20H21BrN2O3. The molecule has 1 aliphatic carbocycles. The van der Waals surface area contributed by atoms with Crippen molar-refractivity contribution < 1.29 is 14.3 Å². The summed E-state index contributed by atoms with van der Waals surface area (Å²) >= 11 is 3.42. The molecule has 2 amide bonds. The molecule has 0 heterocycles. The van der Waals surface area contributed by atoms with Gasteiger partial charge in [0.25, 0.3) is 0 Å². The average molecular weight is 417 g/mol. The maximum Gasteiger partial charge on any atom is 0.246 e. The van der Waals surface area contributed by atoms with Gasteiger partial charge in [0.15, 0.2) is 0 Å². The number of nitrogens with one attached hydrogen (secondary N) is 2. The fourth-order valence-corrected chi connectivity index (χ4v) is 3.34. The van der Waals surface area contributed by atoms with E-state index in [-0.39, 0.29) is 11.8 Å². The Morgan fingerprint density at radius 2 is 1.85 bits per heavy atom. The first-order valence-corrected chi connectivity index (χ1v) is 9.22. The number of likely N-dealkylation sites (N-methyl/N-ethyl adjacent to an activating group) is 1. The van der Waals surface area contributed by atoms with E-state index in [9.17, 15) is 9.59 Å². The van der Waals surface area contributed by atoms with Crippen molar-refractivity contribution in [1.29, 1.82) is 0 Å². The number of halogens is 1. The third kappa shape index (κ3) is 3.60. The smallest absolute Gasteiger partial charge is 0.246 e. The molecule has 136 valence electrons. The van der Waals surface area contributed by atoms with Gasteiger partial charge >= 0.3 is 0 Å². The molecule has 1 unspecified atom stereocenters. The summed E-state index contributed by atoms with van der Waals surface area (Å²) < 4.78 is 6.20. The summed E-state index contributed by atoms with van der Waals surface area (Å²) in [6, 6.07) is 14.2. The molecule has 0 spiro atoms. The Morgan fingerprint density at radius 3 is 2.42 bits per heavy atom. The van der Waals surface area contributed by atoms with Crippen LogP contribution < -0.4 is 15.4 Å². The van der Waals surface area contributed by atoms with Gasteiger partial charge in [-0.2, -0.15) is 0 Å². The zero-order valence-corrected chi connectivity index (χ0v) is 16.3. The number of hydrogen-bond acceptors (Lipinski definition) is 3. The van der Waals surface area contributed by atoms with E-state index in [1.165, 1.54) is 0 Å². The first-order valence-electron chi connectivity index (χ1n) is 8.43.